The summed E-state index contributed by atoms with van der Waals surface area (Å²) in [6.45, 7) is 11.4. The van der Waals surface area contributed by atoms with Gasteiger partial charge in [-0.15, -0.1) is 0 Å². The van der Waals surface area contributed by atoms with Crippen LogP contribution in [0.5, 0.6) is 0 Å². The standard InChI is InChI=1S/C18H16N4.C13H14N4O2.C13H14N4.C12H12N4O.2C12H12N4/c1-12-20-16-17(22(12)11-13-7-3-2-4-8-13)14-9-5-6-10-15(14)21-18(16)19;14-13-11-12(9-3-1-2-4-10(9)16-13)17(7-15-11)5-8(19)6-18;1-7-4-5-10-9(6-7)12-11(13(14)16-10)15-8(2)17(12)3;13-12-10-11(16(5-6-17)7-14-10)8-3-1-2-4-9(8)15-12;1-7-3-4-9-8(5-7)11-10(12(13)15-9)14-6-16(11)2;1-7-14-10-11(16(7)2)8-5-3-4-6-9(8)15-12(10)13/h2-10H,11H2,1H3,(H2,19,21);1-4,7-8,18-19H,5-6H2,(H2,14,16);4-6H,1-3H3,(H2,14,16);1-4,7,17H,5-6H2,(H2,13,15);2*3-6H,1-2H3,(H2,13,15). The predicted octanol–water partition coefficient (Wildman–Crippen LogP) is 11.5. The van der Waals surface area contributed by atoms with Crippen molar-refractivity contribution >= 4 is 167 Å². The molecule has 7 aromatic carbocycles. The molecule has 27 heteroatoms. The second-order valence-electron chi connectivity index (χ2n) is 26.2. The van der Waals surface area contributed by atoms with Crippen molar-refractivity contribution in [1.29, 1.82) is 0 Å². The Bertz CT molecular complexity index is 6570. The number of aryl methyl sites for hydroxylation is 8. The van der Waals surface area contributed by atoms with E-state index >= 15 is 0 Å². The van der Waals surface area contributed by atoms with Crippen molar-refractivity contribution in [3.8, 4) is 0 Å². The van der Waals surface area contributed by atoms with Crippen LogP contribution in [0.15, 0.2) is 183 Å². The summed E-state index contributed by atoms with van der Waals surface area (Å²) in [6.07, 6.45) is 4.23. The predicted molar refractivity (Wildman–Crippen MR) is 429 cm³/mol. The van der Waals surface area contributed by atoms with Gasteiger partial charge in [-0.2, -0.15) is 0 Å². The molecule has 0 saturated carbocycles. The molecular formula is C80H80N24O3. The molecule has 0 spiro atoms. The number of rotatable bonds is 7. The summed E-state index contributed by atoms with van der Waals surface area (Å²) in [5, 5.41) is 33.9. The summed E-state index contributed by atoms with van der Waals surface area (Å²) >= 11 is 0. The van der Waals surface area contributed by atoms with E-state index in [1.807, 2.05) is 172 Å². The van der Waals surface area contributed by atoms with Crippen LogP contribution in [0.2, 0.25) is 0 Å². The average Bonchev–Trinajstić information content (AvgIpc) is 1.72. The van der Waals surface area contributed by atoms with E-state index in [9.17, 15) is 5.11 Å². The number of nitrogens with two attached hydrogens (primary N) is 6. The molecule has 19 rings (SSSR count). The molecule has 1 atom stereocenters. The molecule has 12 heterocycles. The van der Waals surface area contributed by atoms with Crippen molar-refractivity contribution in [2.75, 3.05) is 47.6 Å². The fraction of sp³-hybridized carbons (Fsp3) is 0.175. The first-order valence-corrected chi connectivity index (χ1v) is 34.5. The number of benzene rings is 7. The van der Waals surface area contributed by atoms with Crippen molar-refractivity contribution in [3.05, 3.63) is 217 Å². The first-order valence-electron chi connectivity index (χ1n) is 34.5. The maximum Gasteiger partial charge on any atom is 0.152 e. The van der Waals surface area contributed by atoms with E-state index < -0.39 is 6.10 Å². The van der Waals surface area contributed by atoms with Gasteiger partial charge in [0.1, 0.15) is 50.6 Å². The van der Waals surface area contributed by atoms with Gasteiger partial charge in [0, 0.05) is 66.5 Å². The lowest BCUT2D eigenvalue weighted by Gasteiger charge is -2.10. The molecule has 0 radical (unpaired) electrons. The van der Waals surface area contributed by atoms with E-state index in [1.54, 1.807) is 23.5 Å². The highest BCUT2D eigenvalue weighted by atomic mass is 16.3. The van der Waals surface area contributed by atoms with Gasteiger partial charge in [0.25, 0.3) is 0 Å². The van der Waals surface area contributed by atoms with E-state index in [4.69, 9.17) is 44.6 Å². The number of para-hydroxylation sites is 4. The third-order valence-electron chi connectivity index (χ3n) is 18.9. The molecule has 107 heavy (non-hydrogen) atoms. The van der Waals surface area contributed by atoms with Gasteiger partial charge in [-0.3, -0.25) is 0 Å². The Morgan fingerprint density at radius 2 is 0.710 bits per heavy atom. The lowest BCUT2D eigenvalue weighted by Crippen LogP contribution is -2.19. The summed E-state index contributed by atoms with van der Waals surface area (Å²) in [5.74, 6) is 5.61. The lowest BCUT2D eigenvalue weighted by atomic mass is 10.1. The molecule has 0 fully saturated rings. The largest absolute Gasteiger partial charge is 0.395 e. The van der Waals surface area contributed by atoms with Crippen LogP contribution in [-0.2, 0) is 40.8 Å². The topological polar surface area (TPSA) is 401 Å². The quantitative estimate of drug-likeness (QED) is 0.0715. The number of aromatic nitrogens is 18. The molecule has 27 nitrogen and oxygen atoms in total. The van der Waals surface area contributed by atoms with Crippen LogP contribution in [0.1, 0.15) is 34.2 Å². The maximum absolute atomic E-state index is 9.59. The van der Waals surface area contributed by atoms with E-state index in [0.717, 1.165) is 145 Å². The number of fused-ring (bicyclic) bond motifs is 18. The molecule has 0 bridgehead atoms. The van der Waals surface area contributed by atoms with Gasteiger partial charge >= 0.3 is 0 Å². The Kier molecular flexibility index (Phi) is 19.3. The monoisotopic (exact) mass is 1420 g/mol. The number of aliphatic hydroxyl groups is 3. The van der Waals surface area contributed by atoms with Crippen molar-refractivity contribution in [3.63, 3.8) is 0 Å². The number of nitrogen functional groups attached to an aromatic ring is 6. The second kappa shape index (κ2) is 29.3. The first-order chi connectivity index (χ1) is 51.7. The highest BCUT2D eigenvalue weighted by molar-refractivity contribution is 6.11. The zero-order valence-corrected chi connectivity index (χ0v) is 60.3. The van der Waals surface area contributed by atoms with Gasteiger partial charge in [0.05, 0.1) is 111 Å². The third-order valence-corrected chi connectivity index (χ3v) is 18.9. The highest BCUT2D eigenvalue weighted by Crippen LogP contribution is 2.34. The Morgan fingerprint density at radius 3 is 1.18 bits per heavy atom. The van der Waals surface area contributed by atoms with Crippen LogP contribution in [0.25, 0.3) is 132 Å². The summed E-state index contributed by atoms with van der Waals surface area (Å²) in [6, 6.07) is 54.2. The number of anilines is 6. The van der Waals surface area contributed by atoms with Crippen LogP contribution >= 0.6 is 0 Å². The summed E-state index contributed by atoms with van der Waals surface area (Å²) in [4.78, 5) is 52.5. The zero-order chi connectivity index (χ0) is 75.1. The van der Waals surface area contributed by atoms with Gasteiger partial charge in [-0.1, -0.05) is 126 Å². The zero-order valence-electron chi connectivity index (χ0n) is 60.3. The van der Waals surface area contributed by atoms with Gasteiger partial charge < -0.3 is 77.1 Å². The fourth-order valence-corrected chi connectivity index (χ4v) is 13.6. The van der Waals surface area contributed by atoms with Gasteiger partial charge in [0.15, 0.2) is 34.9 Å². The minimum Gasteiger partial charge on any atom is -0.395 e. The Balaban J connectivity index is 0.000000108. The van der Waals surface area contributed by atoms with Crippen molar-refractivity contribution in [2.24, 2.45) is 21.1 Å². The highest BCUT2D eigenvalue weighted by Gasteiger charge is 2.20. The molecule has 0 aliphatic heterocycles. The number of imidazole rings is 6. The number of aliphatic hydroxyl groups excluding tert-OH is 3. The summed E-state index contributed by atoms with van der Waals surface area (Å²) in [7, 11) is 5.97. The first kappa shape index (κ1) is 70.5. The Morgan fingerprint density at radius 1 is 0.355 bits per heavy atom. The van der Waals surface area contributed by atoms with E-state index in [1.165, 1.54) is 16.7 Å². The summed E-state index contributed by atoms with van der Waals surface area (Å²) < 4.78 is 12.0. The molecule has 1 unspecified atom stereocenters. The summed E-state index contributed by atoms with van der Waals surface area (Å²) in [5.41, 5.74) is 55.0. The molecule has 12 aromatic heterocycles. The van der Waals surface area contributed by atoms with Crippen LogP contribution in [0.3, 0.4) is 0 Å². The average molecular weight is 1430 g/mol. The van der Waals surface area contributed by atoms with E-state index in [0.29, 0.717) is 52.5 Å². The van der Waals surface area contributed by atoms with E-state index in [2.05, 4.69) is 130 Å². The Labute approximate surface area is 612 Å². The molecule has 0 aliphatic rings. The molecule has 15 N–H and O–H groups in total. The van der Waals surface area contributed by atoms with Crippen LogP contribution in [-0.4, -0.2) is 122 Å². The number of pyridine rings is 6. The van der Waals surface area contributed by atoms with Crippen molar-refractivity contribution in [1.82, 2.24) is 87.2 Å². The molecular weight excluding hydrogens is 1350 g/mol. The molecule has 0 aliphatic carbocycles. The van der Waals surface area contributed by atoms with Gasteiger partial charge in [0.2, 0.25) is 0 Å². The minimum atomic E-state index is -0.828. The van der Waals surface area contributed by atoms with Crippen LogP contribution < -0.4 is 34.4 Å². The molecule has 19 aromatic rings. The van der Waals surface area contributed by atoms with Crippen LogP contribution in [0.4, 0.5) is 34.9 Å². The van der Waals surface area contributed by atoms with Gasteiger partial charge in [-0.25, -0.2) is 59.8 Å². The van der Waals surface area contributed by atoms with Crippen molar-refractivity contribution < 1.29 is 15.3 Å². The molecule has 0 saturated heterocycles. The molecule has 0 amide bonds. The maximum atomic E-state index is 9.59. The third kappa shape index (κ3) is 13.5. The van der Waals surface area contributed by atoms with Crippen LogP contribution in [0, 0.1) is 34.6 Å². The van der Waals surface area contributed by atoms with Crippen molar-refractivity contribution in [2.45, 2.75) is 60.4 Å². The number of nitrogens with zero attached hydrogens (tertiary/aromatic N) is 18. The number of hydrogen-bond acceptors (Lipinski definition) is 21. The number of hydrogen-bond donors (Lipinski definition) is 9. The lowest BCUT2D eigenvalue weighted by molar-refractivity contribution is 0.0821. The minimum absolute atomic E-state index is 0.0714. The normalized spacial score (nSPS) is 11.7. The van der Waals surface area contributed by atoms with Gasteiger partial charge in [-0.05, 0) is 88.7 Å². The Hall–Kier alpha value is -13.5. The smallest absolute Gasteiger partial charge is 0.152 e. The second-order valence-corrected chi connectivity index (χ2v) is 26.2. The fourth-order valence-electron chi connectivity index (χ4n) is 13.6. The van der Waals surface area contributed by atoms with E-state index in [-0.39, 0.29) is 19.8 Å². The molecule has 538 valence electrons. The SMILES string of the molecule is Cc1ccc2nc(N)c3nc(C)n(C)c3c2c1.Cc1ccc2nc(N)c3ncn(C)c3c2c1.Cc1nc2c(N)nc3ccccc3c2n1C.Cc1nc2c(N)nc3ccccc3c2n1Cc1ccccc1.Nc1nc2ccccc2c2c1ncn2CC(O)CO.Nc1nc2ccccc2c2c1ncn2CCO.